The second-order valence-corrected chi connectivity index (χ2v) is 6.94. The molecular weight excluding hydrogens is 352 g/mol. The fourth-order valence-electron chi connectivity index (χ4n) is 3.42. The normalized spacial score (nSPS) is 39.4. The van der Waals surface area contributed by atoms with Crippen molar-refractivity contribution in [2.45, 2.75) is 68.9 Å². The van der Waals surface area contributed by atoms with E-state index >= 15 is 0 Å². The molecule has 6 N–H and O–H groups in total. The van der Waals surface area contributed by atoms with Crippen molar-refractivity contribution >= 4 is 5.97 Å². The second kappa shape index (κ2) is 9.90. The molecule has 2 aliphatic rings. The molecule has 0 saturated heterocycles. The molecule has 2 saturated carbocycles. The highest BCUT2D eigenvalue weighted by Crippen LogP contribution is 2.31. The molecule has 2 aliphatic carbocycles. The zero-order valence-corrected chi connectivity index (χ0v) is 14.4. The lowest BCUT2D eigenvalue weighted by atomic mass is 9.83. The SMILES string of the molecule is O=C(OCCO)C1CCC(OOC(O)C2CC(O)C(O)C(O)C2)CC1O. The van der Waals surface area contributed by atoms with Gasteiger partial charge in [0.05, 0.1) is 36.9 Å². The smallest absolute Gasteiger partial charge is 0.311 e. The molecule has 0 aromatic heterocycles. The highest BCUT2D eigenvalue weighted by atomic mass is 17.2. The van der Waals surface area contributed by atoms with Crippen LogP contribution in [0.5, 0.6) is 0 Å². The average molecular weight is 380 g/mol. The van der Waals surface area contributed by atoms with Crippen LogP contribution in [0, 0.1) is 11.8 Å². The number of carbonyl (C=O) groups excluding carboxylic acids is 1. The summed E-state index contributed by atoms with van der Waals surface area (Å²) in [5.41, 5.74) is 0. The summed E-state index contributed by atoms with van der Waals surface area (Å²) >= 11 is 0. The maximum atomic E-state index is 11.8. The average Bonchev–Trinajstić information content (AvgIpc) is 2.61. The number of rotatable bonds is 7. The van der Waals surface area contributed by atoms with Crippen LogP contribution in [-0.4, -0.2) is 86.6 Å². The lowest BCUT2D eigenvalue weighted by molar-refractivity contribution is -0.409. The minimum Gasteiger partial charge on any atom is -0.463 e. The van der Waals surface area contributed by atoms with E-state index in [9.17, 15) is 30.3 Å². The van der Waals surface area contributed by atoms with Crippen LogP contribution in [0.15, 0.2) is 0 Å². The number of hydrogen-bond acceptors (Lipinski definition) is 10. The highest BCUT2D eigenvalue weighted by molar-refractivity contribution is 5.73. The Hall–Kier alpha value is -0.850. The van der Waals surface area contributed by atoms with E-state index in [1.165, 1.54) is 0 Å². The lowest BCUT2D eigenvalue weighted by Gasteiger charge is -2.36. The van der Waals surface area contributed by atoms with Gasteiger partial charge in [-0.15, -0.1) is 0 Å². The summed E-state index contributed by atoms with van der Waals surface area (Å²) in [4.78, 5) is 21.9. The van der Waals surface area contributed by atoms with Gasteiger partial charge in [-0.2, -0.15) is 0 Å². The number of carbonyl (C=O) groups is 1. The van der Waals surface area contributed by atoms with E-state index in [4.69, 9.17) is 19.6 Å². The van der Waals surface area contributed by atoms with Crippen molar-refractivity contribution in [1.29, 1.82) is 0 Å². The fraction of sp³-hybridized carbons (Fsp3) is 0.938. The monoisotopic (exact) mass is 380 g/mol. The Labute approximate surface area is 150 Å². The second-order valence-electron chi connectivity index (χ2n) is 6.94. The van der Waals surface area contributed by atoms with Gasteiger partial charge in [-0.1, -0.05) is 0 Å². The molecule has 0 aromatic carbocycles. The van der Waals surface area contributed by atoms with E-state index in [1.807, 2.05) is 0 Å². The number of aliphatic hydroxyl groups is 6. The zero-order chi connectivity index (χ0) is 19.3. The van der Waals surface area contributed by atoms with Gasteiger partial charge in [-0.25, -0.2) is 9.78 Å². The molecule has 2 fully saturated rings. The van der Waals surface area contributed by atoms with Crippen LogP contribution in [0.2, 0.25) is 0 Å². The summed E-state index contributed by atoms with van der Waals surface area (Å²) in [6, 6.07) is 0. The van der Waals surface area contributed by atoms with Gasteiger partial charge >= 0.3 is 5.97 Å². The summed E-state index contributed by atoms with van der Waals surface area (Å²) in [6.07, 6.45) is -5.59. The molecular formula is C16H28O10. The summed E-state index contributed by atoms with van der Waals surface area (Å²) < 4.78 is 4.81. The van der Waals surface area contributed by atoms with E-state index in [1.54, 1.807) is 0 Å². The zero-order valence-electron chi connectivity index (χ0n) is 14.4. The van der Waals surface area contributed by atoms with Gasteiger partial charge in [-0.05, 0) is 25.7 Å². The minimum absolute atomic E-state index is 0.0504. The maximum absolute atomic E-state index is 11.8. The molecule has 0 aromatic rings. The standard InChI is InChI=1S/C16H28O10/c17-3-4-24-16(23)10-2-1-9(7-11(10)18)25-26-15(22)8-5-12(19)14(21)13(20)6-8/h8-15,17-22H,1-7H2. The van der Waals surface area contributed by atoms with Crippen molar-refractivity contribution in [2.24, 2.45) is 11.8 Å². The summed E-state index contributed by atoms with van der Waals surface area (Å²) in [5.74, 6) is -1.88. The highest BCUT2D eigenvalue weighted by Gasteiger charge is 2.40. The molecule has 0 amide bonds. The number of esters is 1. The van der Waals surface area contributed by atoms with E-state index < -0.39 is 54.6 Å². The third kappa shape index (κ3) is 5.57. The minimum atomic E-state index is -1.41. The largest absolute Gasteiger partial charge is 0.463 e. The Balaban J connectivity index is 1.74. The quantitative estimate of drug-likeness (QED) is 0.124. The van der Waals surface area contributed by atoms with E-state index in [0.29, 0.717) is 12.8 Å². The predicted octanol–water partition coefficient (Wildman–Crippen LogP) is -2.19. The van der Waals surface area contributed by atoms with Gasteiger partial charge in [0.25, 0.3) is 0 Å². The topological polar surface area (TPSA) is 166 Å². The molecule has 26 heavy (non-hydrogen) atoms. The molecule has 0 bridgehead atoms. The van der Waals surface area contributed by atoms with Gasteiger partial charge in [0, 0.05) is 12.3 Å². The van der Waals surface area contributed by atoms with Crippen LogP contribution in [-0.2, 0) is 19.3 Å². The van der Waals surface area contributed by atoms with Crippen molar-refractivity contribution in [3.63, 3.8) is 0 Å². The molecule has 0 aliphatic heterocycles. The van der Waals surface area contributed by atoms with E-state index in [-0.39, 0.29) is 32.5 Å². The number of ether oxygens (including phenoxy) is 1. The third-order valence-electron chi connectivity index (χ3n) is 4.98. The van der Waals surface area contributed by atoms with E-state index in [0.717, 1.165) is 0 Å². The Kier molecular flexibility index (Phi) is 8.17. The van der Waals surface area contributed by atoms with Crippen molar-refractivity contribution < 1.29 is 49.9 Å². The van der Waals surface area contributed by atoms with Gasteiger partial charge in [0.2, 0.25) is 0 Å². The van der Waals surface area contributed by atoms with Crippen LogP contribution >= 0.6 is 0 Å². The van der Waals surface area contributed by atoms with Gasteiger partial charge in [0.1, 0.15) is 12.7 Å². The van der Waals surface area contributed by atoms with Crippen molar-refractivity contribution in [3.8, 4) is 0 Å². The molecule has 10 nitrogen and oxygen atoms in total. The predicted molar refractivity (Wildman–Crippen MR) is 84.1 cm³/mol. The molecule has 2 rings (SSSR count). The number of aliphatic hydroxyl groups excluding tert-OH is 6. The molecule has 6 unspecified atom stereocenters. The first-order valence-electron chi connectivity index (χ1n) is 8.83. The fourth-order valence-corrected chi connectivity index (χ4v) is 3.42. The van der Waals surface area contributed by atoms with Gasteiger partial charge in [-0.3, -0.25) is 4.79 Å². The van der Waals surface area contributed by atoms with Crippen molar-refractivity contribution in [2.75, 3.05) is 13.2 Å². The van der Waals surface area contributed by atoms with Crippen LogP contribution in [0.1, 0.15) is 32.1 Å². The number of hydrogen-bond donors (Lipinski definition) is 6. The summed E-state index contributed by atoms with van der Waals surface area (Å²) in [5, 5.41) is 57.5. The summed E-state index contributed by atoms with van der Waals surface area (Å²) in [6.45, 7) is -0.404. The van der Waals surface area contributed by atoms with Gasteiger partial charge < -0.3 is 35.4 Å². The van der Waals surface area contributed by atoms with E-state index in [2.05, 4.69) is 0 Å². The van der Waals surface area contributed by atoms with Crippen LogP contribution in [0.3, 0.4) is 0 Å². The van der Waals surface area contributed by atoms with Crippen LogP contribution < -0.4 is 0 Å². The summed E-state index contributed by atoms with van der Waals surface area (Å²) in [7, 11) is 0. The molecule has 0 radical (unpaired) electrons. The first-order valence-corrected chi connectivity index (χ1v) is 8.83. The molecule has 6 atom stereocenters. The Morgan fingerprint density at radius 1 is 1.00 bits per heavy atom. The molecule has 0 spiro atoms. The van der Waals surface area contributed by atoms with Crippen molar-refractivity contribution in [3.05, 3.63) is 0 Å². The Morgan fingerprint density at radius 2 is 1.65 bits per heavy atom. The first-order chi connectivity index (χ1) is 12.3. The first kappa shape index (κ1) is 21.5. The van der Waals surface area contributed by atoms with Crippen LogP contribution in [0.25, 0.3) is 0 Å². The lowest BCUT2D eigenvalue weighted by Crippen LogP contribution is -2.47. The molecule has 10 heteroatoms. The van der Waals surface area contributed by atoms with Gasteiger partial charge in [0.15, 0.2) is 6.29 Å². The Morgan fingerprint density at radius 3 is 2.23 bits per heavy atom. The van der Waals surface area contributed by atoms with Crippen LogP contribution in [0.4, 0.5) is 0 Å². The van der Waals surface area contributed by atoms with Crippen molar-refractivity contribution in [1.82, 2.24) is 0 Å². The molecule has 0 heterocycles. The third-order valence-corrected chi connectivity index (χ3v) is 4.98. The maximum Gasteiger partial charge on any atom is 0.311 e. The Bertz CT molecular complexity index is 435. The molecule has 152 valence electrons.